The summed E-state index contributed by atoms with van der Waals surface area (Å²) in [6.45, 7) is 0. The van der Waals surface area contributed by atoms with Crippen LogP contribution >= 0.6 is 11.8 Å². The topological polar surface area (TPSA) is 60.7 Å². The Bertz CT molecular complexity index is 1110. The first-order chi connectivity index (χ1) is 13.7. The van der Waals surface area contributed by atoms with Gasteiger partial charge in [-0.3, -0.25) is 4.40 Å². The van der Waals surface area contributed by atoms with Crippen LogP contribution in [0.1, 0.15) is 0 Å². The van der Waals surface area contributed by atoms with E-state index in [0.29, 0.717) is 17.3 Å². The van der Waals surface area contributed by atoms with E-state index in [1.165, 1.54) is 4.90 Å². The zero-order valence-electron chi connectivity index (χ0n) is 15.8. The van der Waals surface area contributed by atoms with Crippen molar-refractivity contribution in [3.05, 3.63) is 60.9 Å². The summed E-state index contributed by atoms with van der Waals surface area (Å²) in [6.07, 6.45) is 5.75. The number of rotatable bonds is 6. The number of imidazole rings is 1. The molecule has 0 fully saturated rings. The molecule has 6 nitrogen and oxygen atoms in total. The van der Waals surface area contributed by atoms with Crippen LogP contribution in [0.2, 0.25) is 0 Å². The number of benzene rings is 2. The van der Waals surface area contributed by atoms with Crippen LogP contribution < -0.4 is 14.8 Å². The van der Waals surface area contributed by atoms with Crippen LogP contribution in [-0.4, -0.2) is 34.8 Å². The van der Waals surface area contributed by atoms with E-state index < -0.39 is 0 Å². The Morgan fingerprint density at radius 2 is 1.79 bits per heavy atom. The molecule has 7 heteroatoms. The highest BCUT2D eigenvalue weighted by atomic mass is 32.2. The lowest BCUT2D eigenvalue weighted by Crippen LogP contribution is -1.98. The van der Waals surface area contributed by atoms with Gasteiger partial charge in [-0.05, 0) is 36.6 Å². The van der Waals surface area contributed by atoms with E-state index >= 15 is 0 Å². The number of nitrogens with one attached hydrogen (secondary N) is 1. The van der Waals surface area contributed by atoms with Gasteiger partial charge < -0.3 is 14.8 Å². The number of aromatic nitrogens is 3. The first-order valence-electron chi connectivity index (χ1n) is 8.70. The van der Waals surface area contributed by atoms with Crippen molar-refractivity contribution in [3.63, 3.8) is 0 Å². The predicted molar refractivity (Wildman–Crippen MR) is 113 cm³/mol. The molecule has 28 heavy (non-hydrogen) atoms. The highest BCUT2D eigenvalue weighted by Gasteiger charge is 2.16. The van der Waals surface area contributed by atoms with E-state index in [-0.39, 0.29) is 0 Å². The van der Waals surface area contributed by atoms with E-state index in [1.54, 1.807) is 32.2 Å². The van der Waals surface area contributed by atoms with Crippen LogP contribution in [0.25, 0.3) is 17.0 Å². The van der Waals surface area contributed by atoms with Gasteiger partial charge in [-0.1, -0.05) is 12.1 Å². The fourth-order valence-electron chi connectivity index (χ4n) is 3.01. The van der Waals surface area contributed by atoms with E-state index in [9.17, 15) is 0 Å². The van der Waals surface area contributed by atoms with E-state index in [4.69, 9.17) is 14.5 Å². The minimum absolute atomic E-state index is 0.634. The van der Waals surface area contributed by atoms with Gasteiger partial charge in [0.1, 0.15) is 11.5 Å². The minimum Gasteiger partial charge on any atom is -0.493 e. The smallest absolute Gasteiger partial charge is 0.235 e. The molecule has 1 N–H and O–H groups in total. The molecule has 0 saturated heterocycles. The molecule has 142 valence electrons. The number of anilines is 2. The number of ether oxygens (including phenoxy) is 2. The Morgan fingerprint density at radius 1 is 1.00 bits per heavy atom. The summed E-state index contributed by atoms with van der Waals surface area (Å²) in [4.78, 5) is 10.3. The van der Waals surface area contributed by atoms with Crippen LogP contribution in [0.3, 0.4) is 0 Å². The highest BCUT2D eigenvalue weighted by Crippen LogP contribution is 2.35. The van der Waals surface area contributed by atoms with Crippen molar-refractivity contribution in [3.8, 4) is 22.8 Å². The SMILES string of the molecule is COc1ccc(Nc2c(-c3ccc(SC)cc3)nc3ncccn23)cc1OC. The third kappa shape index (κ3) is 3.36. The molecule has 4 rings (SSSR count). The number of hydrogen-bond donors (Lipinski definition) is 1. The number of fused-ring (bicyclic) bond motifs is 1. The van der Waals surface area contributed by atoms with Crippen molar-refractivity contribution in [1.82, 2.24) is 14.4 Å². The van der Waals surface area contributed by atoms with Gasteiger partial charge in [0.05, 0.1) is 14.2 Å². The Kier molecular flexibility index (Phi) is 5.08. The van der Waals surface area contributed by atoms with Crippen LogP contribution in [0.15, 0.2) is 65.8 Å². The number of nitrogens with zero attached hydrogens (tertiary/aromatic N) is 3. The molecule has 0 saturated carbocycles. The second kappa shape index (κ2) is 7.82. The number of methoxy groups -OCH3 is 2. The lowest BCUT2D eigenvalue weighted by Gasteiger charge is -2.12. The van der Waals surface area contributed by atoms with Gasteiger partial charge in [0.15, 0.2) is 11.5 Å². The van der Waals surface area contributed by atoms with Gasteiger partial charge in [0, 0.05) is 34.6 Å². The monoisotopic (exact) mass is 392 g/mol. The van der Waals surface area contributed by atoms with Gasteiger partial charge >= 0.3 is 0 Å². The fourth-order valence-corrected chi connectivity index (χ4v) is 3.42. The molecule has 0 aliphatic carbocycles. The zero-order chi connectivity index (χ0) is 19.5. The van der Waals surface area contributed by atoms with Crippen molar-refractivity contribution in [2.75, 3.05) is 25.8 Å². The van der Waals surface area contributed by atoms with Crippen molar-refractivity contribution in [2.45, 2.75) is 4.90 Å². The first-order valence-corrected chi connectivity index (χ1v) is 9.92. The van der Waals surface area contributed by atoms with E-state index in [1.807, 2.05) is 34.9 Å². The van der Waals surface area contributed by atoms with Gasteiger partial charge in [0.25, 0.3) is 0 Å². The molecule has 0 aliphatic heterocycles. The first kappa shape index (κ1) is 18.2. The molecule has 2 aromatic carbocycles. The predicted octanol–water partition coefficient (Wildman–Crippen LogP) is 4.88. The molecule has 0 spiro atoms. The van der Waals surface area contributed by atoms with Crippen molar-refractivity contribution in [2.24, 2.45) is 0 Å². The summed E-state index contributed by atoms with van der Waals surface area (Å²) in [5, 5.41) is 3.47. The summed E-state index contributed by atoms with van der Waals surface area (Å²) in [5.74, 6) is 2.81. The molecule has 0 atom stereocenters. The molecule has 0 radical (unpaired) electrons. The largest absolute Gasteiger partial charge is 0.493 e. The van der Waals surface area contributed by atoms with Crippen LogP contribution in [0.5, 0.6) is 11.5 Å². The van der Waals surface area contributed by atoms with Crippen molar-refractivity contribution < 1.29 is 9.47 Å². The van der Waals surface area contributed by atoms with Gasteiger partial charge in [-0.2, -0.15) is 0 Å². The molecule has 0 bridgehead atoms. The molecule has 2 heterocycles. The quantitative estimate of drug-likeness (QED) is 0.472. The standard InChI is InChI=1S/C21H20N4O2S/c1-26-17-10-7-15(13-18(17)27-2)23-20-19(14-5-8-16(28-3)9-6-14)24-21-22-11-4-12-25(20)21/h4-13,23H,1-3H3. The maximum Gasteiger partial charge on any atom is 0.235 e. The number of hydrogen-bond acceptors (Lipinski definition) is 6. The average molecular weight is 392 g/mol. The van der Waals surface area contributed by atoms with Crippen molar-refractivity contribution in [1.29, 1.82) is 0 Å². The van der Waals surface area contributed by atoms with Crippen LogP contribution in [0, 0.1) is 0 Å². The summed E-state index contributed by atoms with van der Waals surface area (Å²) in [7, 11) is 3.25. The molecular weight excluding hydrogens is 372 g/mol. The third-order valence-corrected chi connectivity index (χ3v) is 5.16. The zero-order valence-corrected chi connectivity index (χ0v) is 16.7. The van der Waals surface area contributed by atoms with Gasteiger partial charge in [-0.25, -0.2) is 9.97 Å². The average Bonchev–Trinajstić information content (AvgIpc) is 3.12. The van der Waals surface area contributed by atoms with Crippen LogP contribution in [-0.2, 0) is 0 Å². The Hall–Kier alpha value is -3.19. The van der Waals surface area contributed by atoms with E-state index in [2.05, 4.69) is 40.8 Å². The molecule has 2 aromatic heterocycles. The molecule has 0 aliphatic rings. The molecule has 0 amide bonds. The maximum atomic E-state index is 5.42. The summed E-state index contributed by atoms with van der Waals surface area (Å²) in [5.41, 5.74) is 2.72. The summed E-state index contributed by atoms with van der Waals surface area (Å²) < 4.78 is 12.7. The lowest BCUT2D eigenvalue weighted by molar-refractivity contribution is 0.355. The molecule has 0 unspecified atom stereocenters. The summed E-state index contributed by atoms with van der Waals surface area (Å²) in [6, 6.07) is 15.9. The van der Waals surface area contributed by atoms with E-state index in [0.717, 1.165) is 22.8 Å². The normalized spacial score (nSPS) is 10.8. The Labute approximate surface area is 167 Å². The molecular formula is C21H20N4O2S. The minimum atomic E-state index is 0.634. The fraction of sp³-hybridized carbons (Fsp3) is 0.143. The van der Waals surface area contributed by atoms with Gasteiger partial charge in [0.2, 0.25) is 5.78 Å². The Morgan fingerprint density at radius 3 is 2.50 bits per heavy atom. The Balaban J connectivity index is 1.81. The third-order valence-electron chi connectivity index (χ3n) is 4.41. The second-order valence-electron chi connectivity index (χ2n) is 6.02. The summed E-state index contributed by atoms with van der Waals surface area (Å²) >= 11 is 1.71. The number of thioether (sulfide) groups is 1. The maximum absolute atomic E-state index is 5.42. The molecule has 4 aromatic rings. The highest BCUT2D eigenvalue weighted by molar-refractivity contribution is 7.98. The van der Waals surface area contributed by atoms with Gasteiger partial charge in [-0.15, -0.1) is 11.8 Å². The second-order valence-corrected chi connectivity index (χ2v) is 6.90. The van der Waals surface area contributed by atoms with Crippen LogP contribution in [0.4, 0.5) is 11.5 Å². The lowest BCUT2D eigenvalue weighted by atomic mass is 10.1. The van der Waals surface area contributed by atoms with Crippen molar-refractivity contribution >= 4 is 29.0 Å².